The van der Waals surface area contributed by atoms with E-state index in [0.29, 0.717) is 46.5 Å². The number of fused-ring (bicyclic) bond motifs is 1. The Morgan fingerprint density at radius 2 is 1.86 bits per heavy atom. The lowest BCUT2D eigenvalue weighted by Crippen LogP contribution is -2.16. The zero-order valence-electron chi connectivity index (χ0n) is 19.3. The normalized spacial score (nSPS) is 10.3. The van der Waals surface area contributed by atoms with Crippen LogP contribution in [-0.2, 0) is 11.3 Å². The van der Waals surface area contributed by atoms with E-state index in [4.69, 9.17) is 4.74 Å². The second-order valence-corrected chi connectivity index (χ2v) is 7.76. The molecule has 4 aromatic rings. The highest BCUT2D eigenvalue weighted by Crippen LogP contribution is 2.34. The lowest BCUT2D eigenvalue weighted by atomic mass is 10.1. The van der Waals surface area contributed by atoms with E-state index >= 15 is 0 Å². The van der Waals surface area contributed by atoms with Crippen LogP contribution in [0.2, 0.25) is 0 Å². The van der Waals surface area contributed by atoms with E-state index in [1.54, 1.807) is 56.6 Å². The Kier molecular flexibility index (Phi) is 6.88. The first-order valence-electron chi connectivity index (χ1n) is 10.8. The van der Waals surface area contributed by atoms with Gasteiger partial charge in [-0.1, -0.05) is 30.3 Å². The molecule has 0 unspecified atom stereocenters. The molecule has 4 rings (SSSR count). The third-order valence-electron chi connectivity index (χ3n) is 5.54. The summed E-state index contributed by atoms with van der Waals surface area (Å²) in [6.45, 7) is 0.453. The number of rotatable bonds is 8. The predicted octanol–water partition coefficient (Wildman–Crippen LogP) is 4.57. The van der Waals surface area contributed by atoms with Gasteiger partial charge in [0.05, 0.1) is 18.3 Å². The minimum atomic E-state index is -0.401. The topological polar surface area (TPSA) is 107 Å². The van der Waals surface area contributed by atoms with Gasteiger partial charge in [-0.3, -0.25) is 9.59 Å². The van der Waals surface area contributed by atoms with Crippen LogP contribution >= 0.6 is 0 Å². The van der Waals surface area contributed by atoms with Crippen molar-refractivity contribution in [2.45, 2.75) is 6.54 Å². The molecule has 8 heteroatoms. The fourth-order valence-corrected chi connectivity index (χ4v) is 3.62. The Bertz CT molecular complexity index is 1410. The van der Waals surface area contributed by atoms with Crippen molar-refractivity contribution in [3.8, 4) is 11.8 Å². The summed E-state index contributed by atoms with van der Waals surface area (Å²) in [5, 5.41) is 16.8. The first-order chi connectivity index (χ1) is 17.0. The minimum absolute atomic E-state index is 0.146. The monoisotopic (exact) mass is 465 g/mol. The average molecular weight is 466 g/mol. The molecule has 0 saturated carbocycles. The van der Waals surface area contributed by atoms with Crippen molar-refractivity contribution in [2.24, 2.45) is 0 Å². The molecule has 0 saturated heterocycles. The fraction of sp³-hybridized carbons (Fsp3) is 0.111. The number of ether oxygens (including phenoxy) is 1. The summed E-state index contributed by atoms with van der Waals surface area (Å²) >= 11 is 0. The van der Waals surface area contributed by atoms with Crippen LogP contribution in [0.5, 0.6) is 5.75 Å². The first kappa shape index (κ1) is 23.3. The van der Waals surface area contributed by atoms with Crippen molar-refractivity contribution in [3.05, 3.63) is 89.5 Å². The number of anilines is 3. The van der Waals surface area contributed by atoms with Crippen molar-refractivity contribution in [3.63, 3.8) is 0 Å². The van der Waals surface area contributed by atoms with E-state index in [9.17, 15) is 14.9 Å². The maximum absolute atomic E-state index is 12.9. The van der Waals surface area contributed by atoms with Crippen molar-refractivity contribution < 1.29 is 14.3 Å². The lowest BCUT2D eigenvalue weighted by Gasteiger charge is -2.18. The third kappa shape index (κ3) is 5.04. The number of benzene rings is 3. The Balaban J connectivity index is 1.78. The number of amides is 2. The van der Waals surface area contributed by atoms with Crippen LogP contribution in [0.15, 0.2) is 72.8 Å². The van der Waals surface area contributed by atoms with Crippen LogP contribution < -0.4 is 20.3 Å². The Labute approximate surface area is 202 Å². The van der Waals surface area contributed by atoms with E-state index in [2.05, 4.69) is 21.7 Å². The molecule has 0 fully saturated rings. The SMILES string of the molecule is COc1ccc(C(=O)Nc2nc3ccc(N(C)C=O)cc3c(NCc3ccccc3)c2C#N)cc1. The molecule has 1 aromatic heterocycles. The zero-order valence-corrected chi connectivity index (χ0v) is 19.3. The number of carbonyl (C=O) groups excluding carboxylic acids is 2. The van der Waals surface area contributed by atoms with E-state index in [0.717, 1.165) is 5.56 Å². The second-order valence-electron chi connectivity index (χ2n) is 7.76. The number of nitriles is 1. The molecule has 0 radical (unpaired) electrons. The zero-order chi connectivity index (χ0) is 24.8. The van der Waals surface area contributed by atoms with E-state index in [-0.39, 0.29) is 11.4 Å². The van der Waals surface area contributed by atoms with Gasteiger partial charge >= 0.3 is 0 Å². The number of aromatic nitrogens is 1. The lowest BCUT2D eigenvalue weighted by molar-refractivity contribution is -0.107. The fourth-order valence-electron chi connectivity index (χ4n) is 3.62. The molecule has 1 heterocycles. The Morgan fingerprint density at radius 1 is 1.11 bits per heavy atom. The number of nitrogens with one attached hydrogen (secondary N) is 2. The average Bonchev–Trinajstić information content (AvgIpc) is 2.91. The van der Waals surface area contributed by atoms with Crippen molar-refractivity contribution in [2.75, 3.05) is 29.7 Å². The summed E-state index contributed by atoms with van der Waals surface area (Å²) < 4.78 is 5.14. The molecule has 174 valence electrons. The summed E-state index contributed by atoms with van der Waals surface area (Å²) in [6, 6.07) is 23.9. The third-order valence-corrected chi connectivity index (χ3v) is 5.54. The van der Waals surface area contributed by atoms with E-state index in [1.807, 2.05) is 30.3 Å². The summed E-state index contributed by atoms with van der Waals surface area (Å²) in [6.07, 6.45) is 0.709. The highest BCUT2D eigenvalue weighted by molar-refractivity contribution is 6.07. The molecule has 0 aliphatic carbocycles. The molecule has 0 bridgehead atoms. The van der Waals surface area contributed by atoms with Crippen LogP contribution in [0, 0.1) is 11.3 Å². The molecule has 2 amide bonds. The minimum Gasteiger partial charge on any atom is -0.497 e. The first-order valence-corrected chi connectivity index (χ1v) is 10.8. The molecule has 0 atom stereocenters. The Morgan fingerprint density at radius 3 is 2.51 bits per heavy atom. The molecule has 35 heavy (non-hydrogen) atoms. The highest BCUT2D eigenvalue weighted by Gasteiger charge is 2.19. The number of carbonyl (C=O) groups is 2. The van der Waals surface area contributed by atoms with Crippen LogP contribution in [0.25, 0.3) is 10.9 Å². The number of hydrogen-bond acceptors (Lipinski definition) is 6. The molecule has 0 spiro atoms. The highest BCUT2D eigenvalue weighted by atomic mass is 16.5. The summed E-state index contributed by atoms with van der Waals surface area (Å²) in [5.41, 5.74) is 3.35. The van der Waals surface area contributed by atoms with Crippen molar-refractivity contribution in [1.29, 1.82) is 5.26 Å². The number of pyridine rings is 1. The summed E-state index contributed by atoms with van der Waals surface area (Å²) in [5.74, 6) is 0.377. The van der Waals surface area contributed by atoms with Gasteiger partial charge < -0.3 is 20.3 Å². The molecule has 0 aliphatic rings. The number of nitrogens with zero attached hydrogens (tertiary/aromatic N) is 3. The van der Waals surface area contributed by atoms with Gasteiger partial charge in [-0.25, -0.2) is 4.98 Å². The maximum Gasteiger partial charge on any atom is 0.256 e. The van der Waals surface area contributed by atoms with Crippen molar-refractivity contribution in [1.82, 2.24) is 4.98 Å². The molecule has 2 N–H and O–H groups in total. The van der Waals surface area contributed by atoms with Gasteiger partial charge in [0, 0.05) is 30.2 Å². The molecular formula is C27H23N5O3. The van der Waals surface area contributed by atoms with Gasteiger partial charge in [-0.15, -0.1) is 0 Å². The van der Waals surface area contributed by atoms with Gasteiger partial charge in [0.1, 0.15) is 17.4 Å². The van der Waals surface area contributed by atoms with Crippen LogP contribution in [0.4, 0.5) is 17.2 Å². The van der Waals surface area contributed by atoms with Gasteiger partial charge in [0.15, 0.2) is 5.82 Å². The quantitative estimate of drug-likeness (QED) is 0.369. The van der Waals surface area contributed by atoms with E-state index < -0.39 is 5.91 Å². The van der Waals surface area contributed by atoms with Crippen LogP contribution in [0.1, 0.15) is 21.5 Å². The smallest absolute Gasteiger partial charge is 0.256 e. The summed E-state index contributed by atoms with van der Waals surface area (Å²) in [7, 11) is 3.20. The van der Waals surface area contributed by atoms with Gasteiger partial charge in [-0.05, 0) is 48.0 Å². The van der Waals surface area contributed by atoms with Gasteiger partial charge in [0.25, 0.3) is 5.91 Å². The Hall–Kier alpha value is -4.90. The van der Waals surface area contributed by atoms with Gasteiger partial charge in [-0.2, -0.15) is 5.26 Å². The largest absolute Gasteiger partial charge is 0.497 e. The van der Waals surface area contributed by atoms with E-state index in [1.165, 1.54) is 4.90 Å². The number of methoxy groups -OCH3 is 1. The summed E-state index contributed by atoms with van der Waals surface area (Å²) in [4.78, 5) is 30.2. The van der Waals surface area contributed by atoms with Crippen LogP contribution in [0.3, 0.4) is 0 Å². The predicted molar refractivity (Wildman–Crippen MR) is 136 cm³/mol. The standard InChI is InChI=1S/C27H23N5O3/c1-32(17-33)20-10-13-24-22(14-20)25(29-16-18-6-4-3-5-7-18)23(15-28)26(30-24)31-27(34)19-8-11-21(35-2)12-9-19/h3-14,17H,16H2,1-2H3,(H2,29,30,31,34). The second kappa shape index (κ2) is 10.4. The van der Waals surface area contributed by atoms with Crippen LogP contribution in [-0.4, -0.2) is 31.5 Å². The molecule has 3 aromatic carbocycles. The molecule has 0 aliphatic heterocycles. The number of hydrogen-bond donors (Lipinski definition) is 2. The molecule has 8 nitrogen and oxygen atoms in total. The van der Waals surface area contributed by atoms with Gasteiger partial charge in [0.2, 0.25) is 6.41 Å². The molecular weight excluding hydrogens is 442 g/mol. The maximum atomic E-state index is 12.9. The van der Waals surface area contributed by atoms with Crippen molar-refractivity contribution >= 4 is 40.4 Å².